The fourth-order valence-corrected chi connectivity index (χ4v) is 3.19. The Morgan fingerprint density at radius 3 is 2.89 bits per heavy atom. The van der Waals surface area contributed by atoms with Gasteiger partial charge in [-0.25, -0.2) is 0 Å². The minimum absolute atomic E-state index is 0.434. The molecule has 1 heteroatoms. The molecule has 98 valence electrons. The number of carbonyl (C=O) groups is 1. The number of fused-ring (bicyclic) bond motifs is 1. The Labute approximate surface area is 115 Å². The standard InChI is InChI=1S/C18H20O/c19-16-8-3-1-2-6-14(10-12-16)18-13-11-15-7-4-5-9-17(15)18/h2,4-7,9,11,13-14,18H,1,3,8,10,12H2. The SMILES string of the molecule is O=C1CCCC=CC(C2C=Cc3ccccc32)CC1. The van der Waals surface area contributed by atoms with Crippen molar-refractivity contribution in [3.8, 4) is 0 Å². The van der Waals surface area contributed by atoms with Gasteiger partial charge in [-0.15, -0.1) is 0 Å². The monoisotopic (exact) mass is 252 g/mol. The molecule has 1 nitrogen and oxygen atoms in total. The highest BCUT2D eigenvalue weighted by atomic mass is 16.1. The van der Waals surface area contributed by atoms with E-state index in [1.807, 2.05) is 0 Å². The van der Waals surface area contributed by atoms with Crippen LogP contribution in [0.3, 0.4) is 0 Å². The van der Waals surface area contributed by atoms with E-state index in [1.165, 1.54) is 11.1 Å². The number of rotatable bonds is 1. The van der Waals surface area contributed by atoms with Crippen LogP contribution in [0.2, 0.25) is 0 Å². The van der Waals surface area contributed by atoms with Crippen LogP contribution in [0, 0.1) is 5.92 Å². The molecule has 2 atom stereocenters. The Kier molecular flexibility index (Phi) is 3.63. The first-order valence-corrected chi connectivity index (χ1v) is 7.30. The molecule has 0 spiro atoms. The molecular formula is C18H20O. The Bertz CT molecular complexity index is 524. The fraction of sp³-hybridized carbons (Fsp3) is 0.389. The second kappa shape index (κ2) is 5.56. The predicted molar refractivity (Wildman–Crippen MR) is 78.9 cm³/mol. The van der Waals surface area contributed by atoms with Crippen LogP contribution >= 0.6 is 0 Å². The lowest BCUT2D eigenvalue weighted by Crippen LogP contribution is -2.09. The summed E-state index contributed by atoms with van der Waals surface area (Å²) in [6, 6.07) is 8.61. The van der Waals surface area contributed by atoms with E-state index in [4.69, 9.17) is 0 Å². The van der Waals surface area contributed by atoms with Crippen LogP contribution in [0.5, 0.6) is 0 Å². The zero-order valence-electron chi connectivity index (χ0n) is 11.2. The van der Waals surface area contributed by atoms with Crippen LogP contribution < -0.4 is 0 Å². The van der Waals surface area contributed by atoms with E-state index in [0.29, 0.717) is 17.6 Å². The van der Waals surface area contributed by atoms with Gasteiger partial charge in [0.05, 0.1) is 0 Å². The van der Waals surface area contributed by atoms with Gasteiger partial charge >= 0.3 is 0 Å². The lowest BCUT2D eigenvalue weighted by Gasteiger charge is -2.20. The molecule has 0 fully saturated rings. The van der Waals surface area contributed by atoms with Gasteiger partial charge in [0.15, 0.2) is 0 Å². The first kappa shape index (κ1) is 12.4. The maximum atomic E-state index is 11.7. The highest BCUT2D eigenvalue weighted by Crippen LogP contribution is 2.38. The minimum Gasteiger partial charge on any atom is -0.300 e. The zero-order chi connectivity index (χ0) is 13.1. The molecule has 0 heterocycles. The first-order valence-electron chi connectivity index (χ1n) is 7.30. The number of allylic oxidation sites excluding steroid dienone is 3. The normalized spacial score (nSPS) is 26.6. The number of carbonyl (C=O) groups excluding carboxylic acids is 1. The molecule has 0 N–H and O–H groups in total. The van der Waals surface area contributed by atoms with E-state index in [-0.39, 0.29) is 0 Å². The van der Waals surface area contributed by atoms with Crippen molar-refractivity contribution in [2.75, 3.05) is 0 Å². The number of hydrogen-bond donors (Lipinski definition) is 0. The number of hydrogen-bond acceptors (Lipinski definition) is 1. The predicted octanol–water partition coefficient (Wildman–Crippen LogP) is 4.50. The Hall–Kier alpha value is -1.63. The summed E-state index contributed by atoms with van der Waals surface area (Å²) >= 11 is 0. The molecule has 2 unspecified atom stereocenters. The lowest BCUT2D eigenvalue weighted by molar-refractivity contribution is -0.119. The van der Waals surface area contributed by atoms with Crippen molar-refractivity contribution in [2.24, 2.45) is 5.92 Å². The maximum absolute atomic E-state index is 11.7. The van der Waals surface area contributed by atoms with Gasteiger partial charge in [-0.2, -0.15) is 0 Å². The highest BCUT2D eigenvalue weighted by Gasteiger charge is 2.24. The molecule has 0 aromatic heterocycles. The maximum Gasteiger partial charge on any atom is 0.132 e. The van der Waals surface area contributed by atoms with Crippen molar-refractivity contribution >= 4 is 11.9 Å². The van der Waals surface area contributed by atoms with Crippen LogP contribution in [0.15, 0.2) is 42.5 Å². The van der Waals surface area contributed by atoms with Gasteiger partial charge in [-0.1, -0.05) is 48.6 Å². The molecule has 0 bridgehead atoms. The van der Waals surface area contributed by atoms with Crippen LogP contribution in [0.25, 0.3) is 6.08 Å². The Morgan fingerprint density at radius 1 is 1.05 bits per heavy atom. The average molecular weight is 252 g/mol. The van der Waals surface area contributed by atoms with Gasteiger partial charge in [0.25, 0.3) is 0 Å². The van der Waals surface area contributed by atoms with Gasteiger partial charge in [-0.05, 0) is 36.3 Å². The van der Waals surface area contributed by atoms with Crippen LogP contribution in [0.4, 0.5) is 0 Å². The number of benzene rings is 1. The van der Waals surface area contributed by atoms with Crippen molar-refractivity contribution in [1.29, 1.82) is 0 Å². The topological polar surface area (TPSA) is 17.1 Å². The average Bonchev–Trinajstić information content (AvgIpc) is 2.88. The van der Waals surface area contributed by atoms with Crippen molar-refractivity contribution in [3.05, 3.63) is 53.6 Å². The summed E-state index contributed by atoms with van der Waals surface area (Å²) in [6.07, 6.45) is 13.7. The molecule has 19 heavy (non-hydrogen) atoms. The van der Waals surface area contributed by atoms with E-state index in [0.717, 1.165) is 32.1 Å². The molecule has 0 radical (unpaired) electrons. The van der Waals surface area contributed by atoms with Crippen LogP contribution in [-0.2, 0) is 4.79 Å². The minimum atomic E-state index is 0.434. The lowest BCUT2D eigenvalue weighted by atomic mass is 9.84. The van der Waals surface area contributed by atoms with Gasteiger partial charge in [0.2, 0.25) is 0 Å². The van der Waals surface area contributed by atoms with Crippen LogP contribution in [0.1, 0.15) is 49.1 Å². The molecule has 1 aromatic rings. The van der Waals surface area contributed by atoms with Crippen molar-refractivity contribution in [2.45, 2.75) is 38.0 Å². The number of Topliss-reactive ketones (excluding diaryl/α,β-unsaturated/α-hetero) is 1. The van der Waals surface area contributed by atoms with E-state index in [9.17, 15) is 4.79 Å². The third kappa shape index (κ3) is 2.70. The largest absolute Gasteiger partial charge is 0.300 e. The van der Waals surface area contributed by atoms with Crippen molar-refractivity contribution in [3.63, 3.8) is 0 Å². The molecule has 0 saturated heterocycles. The Morgan fingerprint density at radius 2 is 1.95 bits per heavy atom. The first-order chi connectivity index (χ1) is 9.34. The summed E-state index contributed by atoms with van der Waals surface area (Å²) in [5.74, 6) is 1.37. The third-order valence-corrected chi connectivity index (χ3v) is 4.27. The van der Waals surface area contributed by atoms with Crippen molar-refractivity contribution < 1.29 is 4.79 Å². The van der Waals surface area contributed by atoms with E-state index in [2.05, 4.69) is 48.6 Å². The molecule has 0 aliphatic heterocycles. The molecule has 0 saturated carbocycles. The quantitative estimate of drug-likeness (QED) is 0.672. The highest BCUT2D eigenvalue weighted by molar-refractivity contribution is 5.78. The second-order valence-electron chi connectivity index (χ2n) is 5.58. The number of ketones is 1. The Balaban J connectivity index is 1.83. The zero-order valence-corrected chi connectivity index (χ0v) is 11.2. The summed E-state index contributed by atoms with van der Waals surface area (Å²) in [7, 11) is 0. The van der Waals surface area contributed by atoms with E-state index in [1.54, 1.807) is 0 Å². The summed E-state index contributed by atoms with van der Waals surface area (Å²) in [6.45, 7) is 0. The van der Waals surface area contributed by atoms with Crippen molar-refractivity contribution in [1.82, 2.24) is 0 Å². The summed E-state index contributed by atoms with van der Waals surface area (Å²) in [5, 5.41) is 0. The molecule has 1 aromatic carbocycles. The van der Waals surface area contributed by atoms with E-state index >= 15 is 0 Å². The van der Waals surface area contributed by atoms with Gasteiger partial charge in [-0.3, -0.25) is 4.79 Å². The molecule has 2 aliphatic carbocycles. The summed E-state index contributed by atoms with van der Waals surface area (Å²) < 4.78 is 0. The van der Waals surface area contributed by atoms with Gasteiger partial charge in [0, 0.05) is 18.8 Å². The fourth-order valence-electron chi connectivity index (χ4n) is 3.19. The molecule has 0 amide bonds. The summed E-state index contributed by atoms with van der Waals surface area (Å²) in [4.78, 5) is 11.7. The van der Waals surface area contributed by atoms with Gasteiger partial charge in [0.1, 0.15) is 5.78 Å². The smallest absolute Gasteiger partial charge is 0.132 e. The van der Waals surface area contributed by atoms with E-state index < -0.39 is 0 Å². The second-order valence-corrected chi connectivity index (χ2v) is 5.58. The molecule has 2 aliphatic rings. The van der Waals surface area contributed by atoms with Crippen LogP contribution in [-0.4, -0.2) is 5.78 Å². The summed E-state index contributed by atoms with van der Waals surface area (Å²) in [5.41, 5.74) is 2.76. The molecule has 3 rings (SSSR count). The third-order valence-electron chi connectivity index (χ3n) is 4.27. The van der Waals surface area contributed by atoms with Gasteiger partial charge < -0.3 is 0 Å². The molecular weight excluding hydrogens is 232 g/mol.